The third-order valence-corrected chi connectivity index (χ3v) is 2.50. The number of nitrogens with zero attached hydrogens (tertiary/aromatic N) is 2. The average Bonchev–Trinajstić information content (AvgIpc) is 2.97. The van der Waals surface area contributed by atoms with Gasteiger partial charge in [-0.3, -0.25) is 9.69 Å². The zero-order chi connectivity index (χ0) is 11.3. The van der Waals surface area contributed by atoms with Gasteiger partial charge in [0, 0.05) is 13.1 Å². The highest BCUT2D eigenvalue weighted by atomic mass is 16.2. The van der Waals surface area contributed by atoms with Crippen molar-refractivity contribution in [1.29, 1.82) is 5.26 Å². The Morgan fingerprint density at radius 2 is 2.33 bits per heavy atom. The van der Waals surface area contributed by atoms with Crippen molar-refractivity contribution in [2.45, 2.75) is 19.8 Å². The average molecular weight is 209 g/mol. The molecule has 1 amide bonds. The molecular formula is C11H19N3O. The SMILES string of the molecule is CC(C#N)CN(C)CC(=O)NCC1CC1. The van der Waals surface area contributed by atoms with Gasteiger partial charge in [-0.2, -0.15) is 5.26 Å². The summed E-state index contributed by atoms with van der Waals surface area (Å²) in [5.41, 5.74) is 0. The van der Waals surface area contributed by atoms with Crippen molar-refractivity contribution in [3.63, 3.8) is 0 Å². The van der Waals surface area contributed by atoms with Crippen LogP contribution in [0, 0.1) is 23.2 Å². The molecule has 1 atom stereocenters. The van der Waals surface area contributed by atoms with E-state index in [1.54, 1.807) is 0 Å². The van der Waals surface area contributed by atoms with Gasteiger partial charge in [0.2, 0.25) is 5.91 Å². The summed E-state index contributed by atoms with van der Waals surface area (Å²) in [6.45, 7) is 3.71. The van der Waals surface area contributed by atoms with E-state index in [0.717, 1.165) is 12.5 Å². The number of carbonyl (C=O) groups is 1. The van der Waals surface area contributed by atoms with Crippen molar-refractivity contribution >= 4 is 5.91 Å². The molecule has 1 aliphatic rings. The number of rotatable bonds is 6. The largest absolute Gasteiger partial charge is 0.355 e. The Kier molecular flexibility index (Phi) is 4.57. The van der Waals surface area contributed by atoms with E-state index in [1.165, 1.54) is 12.8 Å². The number of hydrogen-bond donors (Lipinski definition) is 1. The molecule has 0 spiro atoms. The fourth-order valence-corrected chi connectivity index (χ4v) is 1.45. The van der Waals surface area contributed by atoms with Crippen LogP contribution in [-0.4, -0.2) is 37.5 Å². The minimum Gasteiger partial charge on any atom is -0.355 e. The second kappa shape index (κ2) is 5.72. The molecule has 4 nitrogen and oxygen atoms in total. The minimum atomic E-state index is -0.0220. The molecule has 0 heterocycles. The standard InChI is InChI=1S/C11H19N3O/c1-9(5-12)7-14(2)8-11(15)13-6-10-3-4-10/h9-10H,3-4,6-8H2,1-2H3,(H,13,15). The molecule has 1 unspecified atom stereocenters. The summed E-state index contributed by atoms with van der Waals surface area (Å²) in [7, 11) is 1.87. The highest BCUT2D eigenvalue weighted by Crippen LogP contribution is 2.27. The predicted molar refractivity (Wildman–Crippen MR) is 58.0 cm³/mol. The quantitative estimate of drug-likeness (QED) is 0.697. The number of hydrogen-bond acceptors (Lipinski definition) is 3. The van der Waals surface area contributed by atoms with Gasteiger partial charge >= 0.3 is 0 Å². The molecule has 1 fully saturated rings. The molecule has 4 heteroatoms. The van der Waals surface area contributed by atoms with Gasteiger partial charge in [-0.05, 0) is 32.7 Å². The van der Waals surface area contributed by atoms with Crippen LogP contribution in [0.4, 0.5) is 0 Å². The summed E-state index contributed by atoms with van der Waals surface area (Å²) in [5.74, 6) is 0.762. The van der Waals surface area contributed by atoms with Gasteiger partial charge in [0.15, 0.2) is 0 Å². The maximum Gasteiger partial charge on any atom is 0.234 e. The Morgan fingerprint density at radius 1 is 1.67 bits per heavy atom. The summed E-state index contributed by atoms with van der Waals surface area (Å²) in [4.78, 5) is 13.3. The second-order valence-corrected chi connectivity index (χ2v) is 4.47. The molecule has 1 N–H and O–H groups in total. The van der Waals surface area contributed by atoms with Crippen LogP contribution in [0.2, 0.25) is 0 Å². The summed E-state index contributed by atoms with van der Waals surface area (Å²) in [5, 5.41) is 11.5. The van der Waals surface area contributed by atoms with Crippen LogP contribution in [0.25, 0.3) is 0 Å². The number of carbonyl (C=O) groups excluding carboxylic acids is 1. The van der Waals surface area contributed by atoms with Gasteiger partial charge in [-0.25, -0.2) is 0 Å². The van der Waals surface area contributed by atoms with E-state index < -0.39 is 0 Å². The van der Waals surface area contributed by atoms with Crippen molar-refractivity contribution in [3.8, 4) is 6.07 Å². The van der Waals surface area contributed by atoms with Crippen LogP contribution in [0.5, 0.6) is 0 Å². The second-order valence-electron chi connectivity index (χ2n) is 4.47. The first-order valence-electron chi connectivity index (χ1n) is 5.46. The lowest BCUT2D eigenvalue weighted by atomic mass is 10.2. The van der Waals surface area contributed by atoms with Crippen molar-refractivity contribution in [3.05, 3.63) is 0 Å². The first-order valence-corrected chi connectivity index (χ1v) is 5.46. The number of amides is 1. The van der Waals surface area contributed by atoms with E-state index in [9.17, 15) is 4.79 Å². The monoisotopic (exact) mass is 209 g/mol. The highest BCUT2D eigenvalue weighted by Gasteiger charge is 2.21. The molecular weight excluding hydrogens is 190 g/mol. The lowest BCUT2D eigenvalue weighted by molar-refractivity contribution is -0.122. The molecule has 0 aromatic carbocycles. The van der Waals surface area contributed by atoms with E-state index in [0.29, 0.717) is 13.1 Å². The van der Waals surface area contributed by atoms with E-state index in [2.05, 4.69) is 11.4 Å². The molecule has 0 saturated heterocycles. The lowest BCUT2D eigenvalue weighted by Gasteiger charge is -2.17. The van der Waals surface area contributed by atoms with Gasteiger partial charge in [-0.15, -0.1) is 0 Å². The summed E-state index contributed by atoms with van der Waals surface area (Å²) < 4.78 is 0. The molecule has 0 aliphatic heterocycles. The predicted octanol–water partition coefficient (Wildman–Crippen LogP) is 0.604. The Labute approximate surface area is 91.2 Å². The number of likely N-dealkylation sites (N-methyl/N-ethyl adjacent to an activating group) is 1. The maximum absolute atomic E-state index is 11.4. The first kappa shape index (κ1) is 12.0. The fourth-order valence-electron chi connectivity index (χ4n) is 1.45. The first-order chi connectivity index (χ1) is 7.11. The van der Waals surface area contributed by atoms with Crippen LogP contribution in [-0.2, 0) is 4.79 Å². The third-order valence-electron chi connectivity index (χ3n) is 2.50. The van der Waals surface area contributed by atoms with E-state index >= 15 is 0 Å². The molecule has 0 radical (unpaired) electrons. The fraction of sp³-hybridized carbons (Fsp3) is 0.818. The summed E-state index contributed by atoms with van der Waals surface area (Å²) in [6, 6.07) is 2.16. The van der Waals surface area contributed by atoms with Crippen molar-refractivity contribution in [2.75, 3.05) is 26.7 Å². The van der Waals surface area contributed by atoms with Crippen LogP contribution < -0.4 is 5.32 Å². The normalized spacial score (nSPS) is 17.2. The lowest BCUT2D eigenvalue weighted by Crippen LogP contribution is -2.37. The Hall–Kier alpha value is -1.08. The van der Waals surface area contributed by atoms with E-state index in [-0.39, 0.29) is 11.8 Å². The Balaban J connectivity index is 2.09. The third kappa shape index (κ3) is 5.38. The molecule has 1 rings (SSSR count). The van der Waals surface area contributed by atoms with Gasteiger partial charge < -0.3 is 5.32 Å². The van der Waals surface area contributed by atoms with E-state index in [4.69, 9.17) is 5.26 Å². The number of nitriles is 1. The van der Waals surface area contributed by atoms with Crippen LogP contribution in [0.3, 0.4) is 0 Å². The molecule has 84 valence electrons. The zero-order valence-corrected chi connectivity index (χ0v) is 9.49. The topological polar surface area (TPSA) is 56.1 Å². The maximum atomic E-state index is 11.4. The van der Waals surface area contributed by atoms with E-state index in [1.807, 2.05) is 18.9 Å². The molecule has 0 aromatic rings. The molecule has 0 aromatic heterocycles. The zero-order valence-electron chi connectivity index (χ0n) is 9.49. The van der Waals surface area contributed by atoms with Crippen LogP contribution >= 0.6 is 0 Å². The Bertz CT molecular complexity index is 255. The molecule has 1 aliphatic carbocycles. The smallest absolute Gasteiger partial charge is 0.234 e. The van der Waals surface area contributed by atoms with Gasteiger partial charge in [0.05, 0.1) is 18.5 Å². The molecule has 0 bridgehead atoms. The number of nitrogens with one attached hydrogen (secondary N) is 1. The van der Waals surface area contributed by atoms with Crippen molar-refractivity contribution in [1.82, 2.24) is 10.2 Å². The molecule has 15 heavy (non-hydrogen) atoms. The Morgan fingerprint density at radius 3 is 2.87 bits per heavy atom. The van der Waals surface area contributed by atoms with Crippen LogP contribution in [0.15, 0.2) is 0 Å². The van der Waals surface area contributed by atoms with Crippen molar-refractivity contribution < 1.29 is 4.79 Å². The summed E-state index contributed by atoms with van der Waals surface area (Å²) >= 11 is 0. The minimum absolute atomic E-state index is 0.0220. The van der Waals surface area contributed by atoms with Gasteiger partial charge in [0.1, 0.15) is 0 Å². The highest BCUT2D eigenvalue weighted by molar-refractivity contribution is 5.77. The molecule has 1 saturated carbocycles. The van der Waals surface area contributed by atoms with Gasteiger partial charge in [0.25, 0.3) is 0 Å². The van der Waals surface area contributed by atoms with Crippen molar-refractivity contribution in [2.24, 2.45) is 11.8 Å². The van der Waals surface area contributed by atoms with Crippen LogP contribution in [0.1, 0.15) is 19.8 Å². The summed E-state index contributed by atoms with van der Waals surface area (Å²) in [6.07, 6.45) is 2.50. The van der Waals surface area contributed by atoms with Gasteiger partial charge in [-0.1, -0.05) is 0 Å².